The summed E-state index contributed by atoms with van der Waals surface area (Å²) in [4.78, 5) is 0. The maximum Gasteiger partial charge on any atom is 0.140 e. The molecule has 2 aromatic rings. The molecule has 0 saturated heterocycles. The van der Waals surface area contributed by atoms with Crippen molar-refractivity contribution in [1.29, 1.82) is 0 Å². The van der Waals surface area contributed by atoms with Crippen molar-refractivity contribution in [1.82, 2.24) is 5.16 Å². The van der Waals surface area contributed by atoms with Crippen LogP contribution >= 0.6 is 0 Å². The van der Waals surface area contributed by atoms with Crippen LogP contribution in [0.25, 0.3) is 0 Å². The van der Waals surface area contributed by atoms with E-state index in [-0.39, 0.29) is 0 Å². The third kappa shape index (κ3) is 2.96. The van der Waals surface area contributed by atoms with Crippen LogP contribution in [0.4, 0.5) is 0 Å². The summed E-state index contributed by atoms with van der Waals surface area (Å²) in [6.07, 6.45) is -0.556. The highest BCUT2D eigenvalue weighted by Crippen LogP contribution is 2.27. The van der Waals surface area contributed by atoms with E-state index in [1.165, 1.54) is 0 Å². The molecule has 0 aliphatic rings. The first-order chi connectivity index (χ1) is 8.99. The number of aryl methyl sites for hydroxylation is 3. The van der Waals surface area contributed by atoms with Gasteiger partial charge in [0.15, 0.2) is 0 Å². The van der Waals surface area contributed by atoms with Gasteiger partial charge in [0.2, 0.25) is 0 Å². The van der Waals surface area contributed by atoms with Gasteiger partial charge in [-0.15, -0.1) is 0 Å². The molecule has 2 rings (SSSR count). The van der Waals surface area contributed by atoms with Crippen LogP contribution < -0.4 is 4.74 Å². The Kier molecular flexibility index (Phi) is 3.90. The van der Waals surface area contributed by atoms with Gasteiger partial charge in [-0.3, -0.25) is 0 Å². The average Bonchev–Trinajstić information content (AvgIpc) is 2.68. The van der Waals surface area contributed by atoms with E-state index in [0.717, 1.165) is 28.1 Å². The van der Waals surface area contributed by atoms with Crippen LogP contribution in [0.15, 0.2) is 22.7 Å². The highest BCUT2D eigenvalue weighted by atomic mass is 16.5. The first-order valence-corrected chi connectivity index (χ1v) is 6.32. The van der Waals surface area contributed by atoms with Crippen molar-refractivity contribution in [2.45, 2.75) is 40.4 Å². The number of aliphatic hydroxyl groups is 1. The molecule has 4 nitrogen and oxygen atoms in total. The molecule has 0 saturated carbocycles. The standard InChI is InChI=1S/C15H19NO3/c1-9-5-6-15(13(7-9)11(3)17)18-8-14-10(2)16-19-12(14)4/h5-7,11,17H,8H2,1-4H3/t11-/m0/s1. The van der Waals surface area contributed by atoms with Gasteiger partial charge in [0.25, 0.3) is 0 Å². The second-order valence-electron chi connectivity index (χ2n) is 4.81. The van der Waals surface area contributed by atoms with Gasteiger partial charge in [-0.1, -0.05) is 16.8 Å². The van der Waals surface area contributed by atoms with E-state index < -0.39 is 6.10 Å². The number of hydrogen-bond acceptors (Lipinski definition) is 4. The molecular formula is C15H19NO3. The molecule has 0 fully saturated rings. The first-order valence-electron chi connectivity index (χ1n) is 6.32. The topological polar surface area (TPSA) is 55.5 Å². The second-order valence-corrected chi connectivity index (χ2v) is 4.81. The monoisotopic (exact) mass is 261 g/mol. The molecule has 0 spiro atoms. The van der Waals surface area contributed by atoms with E-state index in [4.69, 9.17) is 9.26 Å². The fraction of sp³-hybridized carbons (Fsp3) is 0.400. The summed E-state index contributed by atoms with van der Waals surface area (Å²) >= 11 is 0. The lowest BCUT2D eigenvalue weighted by molar-refractivity contribution is 0.190. The van der Waals surface area contributed by atoms with Gasteiger partial charge in [-0.25, -0.2) is 0 Å². The molecule has 19 heavy (non-hydrogen) atoms. The van der Waals surface area contributed by atoms with Crippen LogP contribution in [0.3, 0.4) is 0 Å². The van der Waals surface area contributed by atoms with Crippen LogP contribution in [-0.2, 0) is 6.61 Å². The van der Waals surface area contributed by atoms with Crippen molar-refractivity contribution in [3.63, 3.8) is 0 Å². The van der Waals surface area contributed by atoms with E-state index in [0.29, 0.717) is 12.4 Å². The fourth-order valence-corrected chi connectivity index (χ4v) is 1.98. The molecular weight excluding hydrogens is 242 g/mol. The molecule has 1 heterocycles. The lowest BCUT2D eigenvalue weighted by atomic mass is 10.1. The fourth-order valence-electron chi connectivity index (χ4n) is 1.98. The predicted octanol–water partition coefficient (Wildman–Crippen LogP) is 3.23. The lowest BCUT2D eigenvalue weighted by Crippen LogP contribution is -2.02. The minimum atomic E-state index is -0.556. The molecule has 0 radical (unpaired) electrons. The Hall–Kier alpha value is -1.81. The third-order valence-corrected chi connectivity index (χ3v) is 3.17. The lowest BCUT2D eigenvalue weighted by Gasteiger charge is -2.14. The Balaban J connectivity index is 2.20. The SMILES string of the molecule is Cc1ccc(OCc2c(C)noc2C)c([C@H](C)O)c1. The van der Waals surface area contributed by atoms with E-state index in [9.17, 15) is 5.11 Å². The maximum atomic E-state index is 9.78. The first kappa shape index (κ1) is 13.6. The molecule has 0 aliphatic carbocycles. The van der Waals surface area contributed by atoms with Crippen LogP contribution in [0.1, 0.15) is 41.2 Å². The van der Waals surface area contributed by atoms with Gasteiger partial charge in [-0.05, 0) is 39.8 Å². The molecule has 1 N–H and O–H groups in total. The van der Waals surface area contributed by atoms with Crippen molar-refractivity contribution in [2.24, 2.45) is 0 Å². The minimum absolute atomic E-state index is 0.393. The number of ether oxygens (including phenoxy) is 1. The summed E-state index contributed by atoms with van der Waals surface area (Å²) in [7, 11) is 0. The van der Waals surface area contributed by atoms with Crippen LogP contribution in [-0.4, -0.2) is 10.3 Å². The van der Waals surface area contributed by atoms with Gasteiger partial charge in [-0.2, -0.15) is 0 Å². The van der Waals surface area contributed by atoms with Gasteiger partial charge < -0.3 is 14.4 Å². The summed E-state index contributed by atoms with van der Waals surface area (Å²) in [5.74, 6) is 1.46. The average molecular weight is 261 g/mol. The number of benzene rings is 1. The summed E-state index contributed by atoms with van der Waals surface area (Å²) in [5.41, 5.74) is 3.69. The van der Waals surface area contributed by atoms with Crippen molar-refractivity contribution in [3.05, 3.63) is 46.3 Å². The number of nitrogens with zero attached hydrogens (tertiary/aromatic N) is 1. The molecule has 1 aromatic heterocycles. The Bertz CT molecular complexity index is 553. The zero-order chi connectivity index (χ0) is 14.0. The number of aliphatic hydroxyl groups excluding tert-OH is 1. The normalized spacial score (nSPS) is 12.5. The highest BCUT2D eigenvalue weighted by molar-refractivity contribution is 5.38. The van der Waals surface area contributed by atoms with Gasteiger partial charge >= 0.3 is 0 Å². The zero-order valence-electron chi connectivity index (χ0n) is 11.7. The Morgan fingerprint density at radius 2 is 2.05 bits per heavy atom. The van der Waals surface area contributed by atoms with Crippen molar-refractivity contribution < 1.29 is 14.4 Å². The minimum Gasteiger partial charge on any atom is -0.488 e. The number of aromatic nitrogens is 1. The highest BCUT2D eigenvalue weighted by Gasteiger charge is 2.13. The summed E-state index contributed by atoms with van der Waals surface area (Å²) in [6, 6.07) is 5.79. The van der Waals surface area contributed by atoms with Crippen molar-refractivity contribution in [3.8, 4) is 5.75 Å². The number of hydrogen-bond donors (Lipinski definition) is 1. The molecule has 0 amide bonds. The summed E-state index contributed by atoms with van der Waals surface area (Å²) < 4.78 is 10.9. The number of rotatable bonds is 4. The quantitative estimate of drug-likeness (QED) is 0.918. The Morgan fingerprint density at radius 1 is 1.32 bits per heavy atom. The third-order valence-electron chi connectivity index (χ3n) is 3.17. The smallest absolute Gasteiger partial charge is 0.140 e. The van der Waals surface area contributed by atoms with E-state index in [1.807, 2.05) is 39.0 Å². The summed E-state index contributed by atoms with van der Waals surface area (Å²) in [6.45, 7) is 7.87. The molecule has 1 aromatic carbocycles. The van der Waals surface area contributed by atoms with Gasteiger partial charge in [0, 0.05) is 5.56 Å². The molecule has 0 unspecified atom stereocenters. The van der Waals surface area contributed by atoms with Crippen molar-refractivity contribution in [2.75, 3.05) is 0 Å². The predicted molar refractivity (Wildman–Crippen MR) is 72.1 cm³/mol. The van der Waals surface area contributed by atoms with Crippen LogP contribution in [0.5, 0.6) is 5.75 Å². The van der Waals surface area contributed by atoms with Crippen molar-refractivity contribution >= 4 is 0 Å². The van der Waals surface area contributed by atoms with Gasteiger partial charge in [0.1, 0.15) is 18.1 Å². The molecule has 4 heteroatoms. The zero-order valence-corrected chi connectivity index (χ0v) is 11.7. The molecule has 102 valence electrons. The van der Waals surface area contributed by atoms with Crippen LogP contribution in [0, 0.1) is 20.8 Å². The largest absolute Gasteiger partial charge is 0.488 e. The molecule has 1 atom stereocenters. The van der Waals surface area contributed by atoms with E-state index in [2.05, 4.69) is 5.16 Å². The summed E-state index contributed by atoms with van der Waals surface area (Å²) in [5, 5.41) is 13.7. The van der Waals surface area contributed by atoms with Crippen LogP contribution in [0.2, 0.25) is 0 Å². The maximum absolute atomic E-state index is 9.78. The molecule has 0 aliphatic heterocycles. The molecule has 0 bridgehead atoms. The van der Waals surface area contributed by atoms with E-state index >= 15 is 0 Å². The van der Waals surface area contributed by atoms with Gasteiger partial charge in [0.05, 0.1) is 17.4 Å². The Morgan fingerprint density at radius 3 is 2.63 bits per heavy atom. The van der Waals surface area contributed by atoms with E-state index in [1.54, 1.807) is 6.92 Å². The second kappa shape index (κ2) is 5.45. The Labute approximate surface area is 113 Å².